The van der Waals surface area contributed by atoms with E-state index in [-0.39, 0.29) is 0 Å². The molecule has 1 aromatic carbocycles. The number of hydrogen-bond acceptors (Lipinski definition) is 3. The average molecular weight is 243 g/mol. The van der Waals surface area contributed by atoms with Gasteiger partial charge in [-0.25, -0.2) is 0 Å². The second kappa shape index (κ2) is 5.99. The molecule has 0 bridgehead atoms. The van der Waals surface area contributed by atoms with Crippen molar-refractivity contribution in [1.29, 1.82) is 5.26 Å². The number of nitrogens with one attached hydrogen (secondary N) is 1. The summed E-state index contributed by atoms with van der Waals surface area (Å²) in [5.41, 5.74) is 1.98. The highest BCUT2D eigenvalue weighted by Gasteiger charge is 2.18. The quantitative estimate of drug-likeness (QED) is 0.885. The Hall–Kier alpha value is -1.37. The largest absolute Gasteiger partial charge is 0.307 e. The van der Waals surface area contributed by atoms with Gasteiger partial charge in [0.2, 0.25) is 0 Å². The summed E-state index contributed by atoms with van der Waals surface area (Å²) in [5, 5.41) is 12.5. The number of rotatable bonds is 3. The molecular weight excluding hydrogens is 222 g/mol. The minimum absolute atomic E-state index is 0.353. The maximum Gasteiger partial charge on any atom is 0.0991 e. The van der Waals surface area contributed by atoms with E-state index in [4.69, 9.17) is 5.26 Å². The number of likely N-dealkylation sites (tertiary alicyclic amines) is 1. The Balaban J connectivity index is 1.91. The zero-order valence-corrected chi connectivity index (χ0v) is 11.2. The summed E-state index contributed by atoms with van der Waals surface area (Å²) in [7, 11) is 2.18. The molecule has 0 aliphatic carbocycles. The Labute approximate surface area is 109 Å². The van der Waals surface area contributed by atoms with E-state index in [1.54, 1.807) is 0 Å². The van der Waals surface area contributed by atoms with E-state index in [2.05, 4.69) is 30.3 Å². The molecule has 1 aromatic rings. The fourth-order valence-corrected chi connectivity index (χ4v) is 2.47. The molecule has 1 aliphatic rings. The third-order valence-corrected chi connectivity index (χ3v) is 3.74. The van der Waals surface area contributed by atoms with Gasteiger partial charge in [-0.3, -0.25) is 0 Å². The van der Waals surface area contributed by atoms with E-state index in [0.717, 1.165) is 5.56 Å². The maximum atomic E-state index is 8.78. The van der Waals surface area contributed by atoms with Gasteiger partial charge in [0.05, 0.1) is 11.6 Å². The monoisotopic (exact) mass is 243 g/mol. The molecule has 1 aliphatic heterocycles. The molecule has 0 spiro atoms. The van der Waals surface area contributed by atoms with Crippen molar-refractivity contribution in [2.75, 3.05) is 20.1 Å². The smallest absolute Gasteiger partial charge is 0.0991 e. The van der Waals surface area contributed by atoms with Gasteiger partial charge in [-0.2, -0.15) is 5.26 Å². The molecule has 2 rings (SSSR count). The molecule has 0 saturated carbocycles. The number of nitriles is 1. The van der Waals surface area contributed by atoms with Crippen molar-refractivity contribution in [3.05, 3.63) is 35.4 Å². The summed E-state index contributed by atoms with van der Waals surface area (Å²) in [6.07, 6.45) is 2.44. The minimum Gasteiger partial charge on any atom is -0.307 e. The SMILES string of the molecule is CC(NC1CCN(C)CC1)c1ccc(C#N)cc1. The summed E-state index contributed by atoms with van der Waals surface area (Å²) in [6, 6.07) is 11.0. The summed E-state index contributed by atoms with van der Waals surface area (Å²) in [5.74, 6) is 0. The van der Waals surface area contributed by atoms with Crippen LogP contribution in [0.4, 0.5) is 0 Å². The van der Waals surface area contributed by atoms with Gasteiger partial charge in [0.15, 0.2) is 0 Å². The molecule has 1 N–H and O–H groups in total. The van der Waals surface area contributed by atoms with Crippen molar-refractivity contribution in [3.63, 3.8) is 0 Å². The summed E-state index contributed by atoms with van der Waals surface area (Å²) in [4.78, 5) is 2.38. The van der Waals surface area contributed by atoms with Gasteiger partial charge in [-0.05, 0) is 57.6 Å². The third-order valence-electron chi connectivity index (χ3n) is 3.74. The topological polar surface area (TPSA) is 39.1 Å². The van der Waals surface area contributed by atoms with Crippen molar-refractivity contribution in [1.82, 2.24) is 10.2 Å². The van der Waals surface area contributed by atoms with Crippen LogP contribution in [0, 0.1) is 11.3 Å². The standard InChI is InChI=1S/C15H21N3/c1-12(14-5-3-13(11-16)4-6-14)17-15-7-9-18(2)10-8-15/h3-6,12,15,17H,7-10H2,1-2H3. The van der Waals surface area contributed by atoms with Gasteiger partial charge in [0.1, 0.15) is 0 Å². The van der Waals surface area contributed by atoms with Gasteiger partial charge in [0, 0.05) is 12.1 Å². The van der Waals surface area contributed by atoms with Crippen LogP contribution in [0.15, 0.2) is 24.3 Å². The van der Waals surface area contributed by atoms with Gasteiger partial charge < -0.3 is 10.2 Å². The Kier molecular flexibility index (Phi) is 4.35. The molecule has 18 heavy (non-hydrogen) atoms. The Morgan fingerprint density at radius 1 is 1.28 bits per heavy atom. The van der Waals surface area contributed by atoms with Crippen LogP contribution < -0.4 is 5.32 Å². The van der Waals surface area contributed by atoms with Gasteiger partial charge in [0.25, 0.3) is 0 Å². The molecule has 1 fully saturated rings. The van der Waals surface area contributed by atoms with Crippen molar-refractivity contribution in [2.24, 2.45) is 0 Å². The molecule has 1 unspecified atom stereocenters. The third kappa shape index (κ3) is 3.32. The average Bonchev–Trinajstić information content (AvgIpc) is 2.41. The molecule has 1 heterocycles. The van der Waals surface area contributed by atoms with Crippen LogP contribution in [-0.2, 0) is 0 Å². The lowest BCUT2D eigenvalue weighted by Gasteiger charge is -2.31. The first-order valence-corrected chi connectivity index (χ1v) is 6.63. The fourth-order valence-electron chi connectivity index (χ4n) is 2.47. The van der Waals surface area contributed by atoms with Crippen LogP contribution >= 0.6 is 0 Å². The van der Waals surface area contributed by atoms with Crippen LogP contribution in [0.3, 0.4) is 0 Å². The lowest BCUT2D eigenvalue weighted by Crippen LogP contribution is -2.41. The van der Waals surface area contributed by atoms with Crippen LogP contribution in [-0.4, -0.2) is 31.1 Å². The van der Waals surface area contributed by atoms with Crippen LogP contribution in [0.25, 0.3) is 0 Å². The van der Waals surface area contributed by atoms with Gasteiger partial charge in [-0.15, -0.1) is 0 Å². The lowest BCUT2D eigenvalue weighted by atomic mass is 10.0. The number of hydrogen-bond donors (Lipinski definition) is 1. The van der Waals surface area contributed by atoms with E-state index < -0.39 is 0 Å². The van der Waals surface area contributed by atoms with E-state index in [1.807, 2.05) is 24.3 Å². The highest BCUT2D eigenvalue weighted by atomic mass is 15.1. The predicted molar refractivity (Wildman–Crippen MR) is 73.2 cm³/mol. The molecule has 0 aromatic heterocycles. The minimum atomic E-state index is 0.353. The first-order chi connectivity index (χ1) is 8.69. The predicted octanol–water partition coefficient (Wildman–Crippen LogP) is 2.30. The molecular formula is C15H21N3. The Morgan fingerprint density at radius 2 is 1.89 bits per heavy atom. The van der Waals surface area contributed by atoms with Crippen LogP contribution in [0.2, 0.25) is 0 Å². The molecule has 3 nitrogen and oxygen atoms in total. The van der Waals surface area contributed by atoms with Crippen molar-refractivity contribution in [3.8, 4) is 6.07 Å². The van der Waals surface area contributed by atoms with E-state index in [0.29, 0.717) is 12.1 Å². The Morgan fingerprint density at radius 3 is 2.44 bits per heavy atom. The van der Waals surface area contributed by atoms with Crippen LogP contribution in [0.1, 0.15) is 36.9 Å². The molecule has 1 saturated heterocycles. The van der Waals surface area contributed by atoms with E-state index >= 15 is 0 Å². The number of benzene rings is 1. The van der Waals surface area contributed by atoms with Crippen LogP contribution in [0.5, 0.6) is 0 Å². The first-order valence-electron chi connectivity index (χ1n) is 6.63. The number of piperidine rings is 1. The number of nitrogens with zero attached hydrogens (tertiary/aromatic N) is 2. The van der Waals surface area contributed by atoms with Gasteiger partial charge in [-0.1, -0.05) is 12.1 Å². The fraction of sp³-hybridized carbons (Fsp3) is 0.533. The zero-order chi connectivity index (χ0) is 13.0. The van der Waals surface area contributed by atoms with E-state index in [1.165, 1.54) is 31.5 Å². The normalized spacial score (nSPS) is 19.4. The van der Waals surface area contributed by atoms with Crippen molar-refractivity contribution < 1.29 is 0 Å². The Bertz CT molecular complexity index is 410. The second-order valence-corrected chi connectivity index (χ2v) is 5.20. The summed E-state index contributed by atoms with van der Waals surface area (Å²) >= 11 is 0. The molecule has 0 amide bonds. The molecule has 0 radical (unpaired) electrons. The summed E-state index contributed by atoms with van der Waals surface area (Å²) in [6.45, 7) is 4.55. The lowest BCUT2D eigenvalue weighted by molar-refractivity contribution is 0.226. The highest BCUT2D eigenvalue weighted by molar-refractivity contribution is 5.32. The highest BCUT2D eigenvalue weighted by Crippen LogP contribution is 2.17. The molecule has 3 heteroatoms. The van der Waals surface area contributed by atoms with E-state index in [9.17, 15) is 0 Å². The van der Waals surface area contributed by atoms with Gasteiger partial charge >= 0.3 is 0 Å². The molecule has 1 atom stereocenters. The first kappa shape index (κ1) is 13.1. The van der Waals surface area contributed by atoms with Crippen molar-refractivity contribution >= 4 is 0 Å². The molecule has 96 valence electrons. The summed E-state index contributed by atoms with van der Waals surface area (Å²) < 4.78 is 0. The second-order valence-electron chi connectivity index (χ2n) is 5.20. The zero-order valence-electron chi connectivity index (χ0n) is 11.2. The van der Waals surface area contributed by atoms with Crippen molar-refractivity contribution in [2.45, 2.75) is 31.8 Å². The maximum absolute atomic E-state index is 8.78.